The summed E-state index contributed by atoms with van der Waals surface area (Å²) in [6, 6.07) is 4.58. The van der Waals surface area contributed by atoms with E-state index in [0.717, 1.165) is 10.0 Å². The minimum absolute atomic E-state index is 0.204. The molecule has 4 nitrogen and oxygen atoms in total. The highest BCUT2D eigenvalue weighted by atomic mass is 79.9. The fourth-order valence-electron chi connectivity index (χ4n) is 2.49. The molecule has 0 bridgehead atoms. The lowest BCUT2D eigenvalue weighted by atomic mass is 9.85. The number of halogens is 1. The van der Waals surface area contributed by atoms with Gasteiger partial charge in [-0.2, -0.15) is 0 Å². The van der Waals surface area contributed by atoms with Crippen LogP contribution in [0.1, 0.15) is 36.7 Å². The molecular formula is C14H16BrNO3. The molecule has 102 valence electrons. The topological polar surface area (TPSA) is 57.6 Å². The van der Waals surface area contributed by atoms with Crippen molar-refractivity contribution in [1.29, 1.82) is 0 Å². The van der Waals surface area contributed by atoms with Crippen LogP contribution in [0.2, 0.25) is 0 Å². The first-order valence-electron chi connectivity index (χ1n) is 6.04. The van der Waals surface area contributed by atoms with Gasteiger partial charge in [0, 0.05) is 16.6 Å². The van der Waals surface area contributed by atoms with E-state index in [1.165, 1.54) is 4.90 Å². The molecule has 1 amide bonds. The predicted molar refractivity (Wildman–Crippen MR) is 74.9 cm³/mol. The zero-order valence-electron chi connectivity index (χ0n) is 11.1. The Morgan fingerprint density at radius 1 is 1.42 bits per heavy atom. The van der Waals surface area contributed by atoms with Crippen molar-refractivity contribution in [3.8, 4) is 0 Å². The third-order valence-corrected chi connectivity index (χ3v) is 3.76. The molecule has 0 fully saturated rings. The van der Waals surface area contributed by atoms with Gasteiger partial charge in [-0.3, -0.25) is 4.79 Å². The summed E-state index contributed by atoms with van der Waals surface area (Å²) in [5.41, 5.74) is 0.953. The Balaban J connectivity index is 2.40. The summed E-state index contributed by atoms with van der Waals surface area (Å²) >= 11 is 3.36. The number of nitrogens with zero attached hydrogens (tertiary/aromatic N) is 1. The lowest BCUT2D eigenvalue weighted by Crippen LogP contribution is -2.49. The number of rotatable bonds is 2. The zero-order valence-corrected chi connectivity index (χ0v) is 12.7. The minimum atomic E-state index is -0.965. The van der Waals surface area contributed by atoms with E-state index in [4.69, 9.17) is 0 Å². The third kappa shape index (κ3) is 2.52. The maximum atomic E-state index is 12.3. The summed E-state index contributed by atoms with van der Waals surface area (Å²) in [5, 5.41) is 9.42. The van der Waals surface area contributed by atoms with Gasteiger partial charge in [0.25, 0.3) is 5.91 Å². The van der Waals surface area contributed by atoms with Crippen LogP contribution in [0.4, 0.5) is 0 Å². The molecule has 0 aromatic heterocycles. The second-order valence-corrected chi connectivity index (χ2v) is 6.76. The predicted octanol–water partition coefficient (Wildman–Crippen LogP) is 2.90. The normalized spacial score (nSPS) is 16.4. The average Bonchev–Trinajstić information content (AvgIpc) is 2.53. The number of amides is 1. The van der Waals surface area contributed by atoms with Crippen LogP contribution in [0.25, 0.3) is 0 Å². The third-order valence-electron chi connectivity index (χ3n) is 3.27. The number of hydrogen-bond donors (Lipinski definition) is 1. The van der Waals surface area contributed by atoms with Gasteiger partial charge >= 0.3 is 5.97 Å². The van der Waals surface area contributed by atoms with Crippen LogP contribution in [0.3, 0.4) is 0 Å². The molecule has 0 saturated carbocycles. The Morgan fingerprint density at radius 2 is 2.05 bits per heavy atom. The van der Waals surface area contributed by atoms with E-state index < -0.39 is 17.4 Å². The van der Waals surface area contributed by atoms with Crippen LogP contribution in [-0.2, 0) is 11.3 Å². The van der Waals surface area contributed by atoms with Gasteiger partial charge in [-0.1, -0.05) is 36.7 Å². The van der Waals surface area contributed by atoms with E-state index in [2.05, 4.69) is 15.9 Å². The molecule has 1 heterocycles. The van der Waals surface area contributed by atoms with Gasteiger partial charge in [-0.15, -0.1) is 0 Å². The van der Waals surface area contributed by atoms with Crippen molar-refractivity contribution in [1.82, 2.24) is 4.90 Å². The van der Waals surface area contributed by atoms with Gasteiger partial charge < -0.3 is 10.0 Å². The average molecular weight is 326 g/mol. The van der Waals surface area contributed by atoms with E-state index in [9.17, 15) is 14.7 Å². The first-order chi connectivity index (χ1) is 8.71. The molecule has 1 N–H and O–H groups in total. The van der Waals surface area contributed by atoms with E-state index in [1.54, 1.807) is 12.1 Å². The van der Waals surface area contributed by atoms with Crippen molar-refractivity contribution in [2.75, 3.05) is 0 Å². The van der Waals surface area contributed by atoms with Crippen molar-refractivity contribution in [2.45, 2.75) is 33.4 Å². The highest BCUT2D eigenvalue weighted by molar-refractivity contribution is 9.10. The van der Waals surface area contributed by atoms with Crippen LogP contribution >= 0.6 is 15.9 Å². The molecule has 1 unspecified atom stereocenters. The number of carbonyl (C=O) groups excluding carboxylic acids is 1. The number of carboxylic acids is 1. The van der Waals surface area contributed by atoms with Crippen LogP contribution in [-0.4, -0.2) is 27.9 Å². The molecule has 0 saturated heterocycles. The van der Waals surface area contributed by atoms with Gasteiger partial charge in [-0.05, 0) is 29.2 Å². The first kappa shape index (κ1) is 14.1. The Hall–Kier alpha value is -1.36. The molecular weight excluding hydrogens is 310 g/mol. The van der Waals surface area contributed by atoms with E-state index >= 15 is 0 Å². The quantitative estimate of drug-likeness (QED) is 0.909. The molecule has 1 aliphatic heterocycles. The number of carbonyl (C=O) groups is 2. The highest BCUT2D eigenvalue weighted by Gasteiger charge is 2.42. The summed E-state index contributed by atoms with van der Waals surface area (Å²) in [6.45, 7) is 5.84. The molecule has 19 heavy (non-hydrogen) atoms. The lowest BCUT2D eigenvalue weighted by Gasteiger charge is -2.34. The molecule has 2 rings (SSSR count). The molecule has 5 heteroatoms. The number of fused-ring (bicyclic) bond motifs is 1. The van der Waals surface area contributed by atoms with Gasteiger partial charge in [-0.25, -0.2) is 4.79 Å². The van der Waals surface area contributed by atoms with Gasteiger partial charge in [0.05, 0.1) is 0 Å². The molecule has 0 radical (unpaired) electrons. The van der Waals surface area contributed by atoms with Crippen LogP contribution in [0.15, 0.2) is 22.7 Å². The fraction of sp³-hybridized carbons (Fsp3) is 0.429. The molecule has 0 spiro atoms. The van der Waals surface area contributed by atoms with E-state index in [1.807, 2.05) is 26.8 Å². The first-order valence-corrected chi connectivity index (χ1v) is 6.83. The minimum Gasteiger partial charge on any atom is -0.480 e. The molecule has 1 aliphatic rings. The highest BCUT2D eigenvalue weighted by Crippen LogP contribution is 2.33. The van der Waals surface area contributed by atoms with E-state index in [-0.39, 0.29) is 5.91 Å². The van der Waals surface area contributed by atoms with Crippen molar-refractivity contribution < 1.29 is 14.7 Å². The van der Waals surface area contributed by atoms with Gasteiger partial charge in [0.2, 0.25) is 0 Å². The Morgan fingerprint density at radius 3 is 2.58 bits per heavy atom. The standard InChI is InChI=1S/C14H16BrNO3/c1-14(2,3)11(13(18)19)16-7-8-6-9(15)4-5-10(8)12(16)17/h4-6,11H,7H2,1-3H3,(H,18,19). The van der Waals surface area contributed by atoms with E-state index in [0.29, 0.717) is 12.1 Å². The summed E-state index contributed by atoms with van der Waals surface area (Å²) < 4.78 is 0.892. The maximum absolute atomic E-state index is 12.3. The summed E-state index contributed by atoms with van der Waals surface area (Å²) in [4.78, 5) is 25.3. The van der Waals surface area contributed by atoms with Crippen molar-refractivity contribution in [3.63, 3.8) is 0 Å². The second kappa shape index (κ2) is 4.63. The van der Waals surface area contributed by atoms with Crippen molar-refractivity contribution >= 4 is 27.8 Å². The number of benzene rings is 1. The summed E-state index contributed by atoms with van der Waals surface area (Å²) in [5.74, 6) is -1.17. The molecule has 0 aliphatic carbocycles. The lowest BCUT2D eigenvalue weighted by molar-refractivity contribution is -0.146. The van der Waals surface area contributed by atoms with Crippen LogP contribution in [0, 0.1) is 5.41 Å². The molecule has 1 aromatic rings. The number of aliphatic carboxylic acids is 1. The summed E-state index contributed by atoms with van der Waals surface area (Å²) in [7, 11) is 0. The fourth-order valence-corrected chi connectivity index (χ4v) is 2.90. The zero-order chi connectivity index (χ0) is 14.4. The molecule has 1 aromatic carbocycles. The largest absolute Gasteiger partial charge is 0.480 e. The van der Waals surface area contributed by atoms with Crippen LogP contribution in [0.5, 0.6) is 0 Å². The second-order valence-electron chi connectivity index (χ2n) is 5.84. The summed E-state index contributed by atoms with van der Waals surface area (Å²) in [6.07, 6.45) is 0. The van der Waals surface area contributed by atoms with Crippen molar-refractivity contribution in [2.24, 2.45) is 5.41 Å². The number of hydrogen-bond acceptors (Lipinski definition) is 2. The SMILES string of the molecule is CC(C)(C)C(C(=O)O)N1Cc2cc(Br)ccc2C1=O. The Bertz CT molecular complexity index is 548. The molecule has 1 atom stereocenters. The van der Waals surface area contributed by atoms with Crippen LogP contribution < -0.4 is 0 Å². The number of carboxylic acid groups (broad SMARTS) is 1. The Kier molecular flexibility index (Phi) is 3.43. The van der Waals surface area contributed by atoms with Gasteiger partial charge in [0.1, 0.15) is 6.04 Å². The Labute approximate surface area is 120 Å². The smallest absolute Gasteiger partial charge is 0.326 e. The maximum Gasteiger partial charge on any atom is 0.326 e. The van der Waals surface area contributed by atoms with Crippen molar-refractivity contribution in [3.05, 3.63) is 33.8 Å². The van der Waals surface area contributed by atoms with Gasteiger partial charge in [0.15, 0.2) is 0 Å². The monoisotopic (exact) mass is 325 g/mol.